The van der Waals surface area contributed by atoms with Gasteiger partial charge in [0.05, 0.1) is 11.7 Å². The fourth-order valence-corrected chi connectivity index (χ4v) is 2.67. The Bertz CT molecular complexity index is 706. The molecule has 3 rings (SSSR count). The fourth-order valence-electron chi connectivity index (χ4n) is 2.67. The van der Waals surface area contributed by atoms with Gasteiger partial charge in [-0.15, -0.1) is 0 Å². The smallest absolute Gasteiger partial charge is 0.338 e. The zero-order valence-electron chi connectivity index (χ0n) is 13.9. The lowest BCUT2D eigenvalue weighted by atomic mass is 10.1. The Balaban J connectivity index is 1.52. The Morgan fingerprint density at radius 3 is 2.44 bits per heavy atom. The van der Waals surface area contributed by atoms with Crippen molar-refractivity contribution >= 4 is 17.6 Å². The van der Waals surface area contributed by atoms with Crippen molar-refractivity contribution in [1.82, 2.24) is 0 Å². The molecule has 5 nitrogen and oxygen atoms in total. The maximum Gasteiger partial charge on any atom is 0.338 e. The molecular weight excluding hydrogens is 318 g/mol. The second-order valence-corrected chi connectivity index (χ2v) is 5.98. The summed E-state index contributed by atoms with van der Waals surface area (Å²) in [7, 11) is 0. The minimum atomic E-state index is -0.380. The number of carbonyl (C=O) groups is 2. The zero-order chi connectivity index (χ0) is 17.5. The molecule has 0 radical (unpaired) electrons. The van der Waals surface area contributed by atoms with Gasteiger partial charge in [0, 0.05) is 17.9 Å². The minimum Gasteiger partial charge on any atom is -0.459 e. The number of amides is 1. The summed E-state index contributed by atoms with van der Waals surface area (Å²) in [5.41, 5.74) is 1.66. The third-order valence-corrected chi connectivity index (χ3v) is 4.09. The molecule has 0 aliphatic carbocycles. The van der Waals surface area contributed by atoms with Crippen LogP contribution in [0.3, 0.4) is 0 Å². The Hall–Kier alpha value is -2.66. The lowest BCUT2D eigenvalue weighted by Gasteiger charge is -2.22. The Morgan fingerprint density at radius 2 is 1.76 bits per heavy atom. The molecule has 0 bridgehead atoms. The van der Waals surface area contributed by atoms with Crippen molar-refractivity contribution in [1.29, 1.82) is 0 Å². The molecule has 2 aromatic rings. The highest BCUT2D eigenvalue weighted by Gasteiger charge is 2.16. The van der Waals surface area contributed by atoms with Crippen LogP contribution in [0, 0.1) is 0 Å². The molecule has 1 fully saturated rings. The molecule has 25 heavy (non-hydrogen) atoms. The molecule has 1 unspecified atom stereocenters. The molecule has 0 saturated carbocycles. The van der Waals surface area contributed by atoms with E-state index < -0.39 is 0 Å². The van der Waals surface area contributed by atoms with E-state index >= 15 is 0 Å². The molecule has 2 aromatic carbocycles. The minimum absolute atomic E-state index is 0.00198. The van der Waals surface area contributed by atoms with Gasteiger partial charge in [0.2, 0.25) is 0 Å². The zero-order valence-corrected chi connectivity index (χ0v) is 13.9. The van der Waals surface area contributed by atoms with Crippen LogP contribution in [-0.4, -0.2) is 31.2 Å². The predicted molar refractivity (Wildman–Crippen MR) is 94.7 cm³/mol. The summed E-state index contributed by atoms with van der Waals surface area (Å²) in [6.45, 7) is 1.02. The third kappa shape index (κ3) is 4.90. The molecule has 1 heterocycles. The molecule has 1 amide bonds. The number of esters is 1. The first-order chi connectivity index (χ1) is 12.2. The van der Waals surface area contributed by atoms with Crippen molar-refractivity contribution in [2.45, 2.75) is 25.4 Å². The Kier molecular flexibility index (Phi) is 5.80. The van der Waals surface area contributed by atoms with E-state index in [2.05, 4.69) is 5.32 Å². The number of ether oxygens (including phenoxy) is 2. The van der Waals surface area contributed by atoms with Gasteiger partial charge in [-0.2, -0.15) is 0 Å². The van der Waals surface area contributed by atoms with Gasteiger partial charge < -0.3 is 14.8 Å². The van der Waals surface area contributed by atoms with Crippen LogP contribution in [0.4, 0.5) is 5.69 Å². The monoisotopic (exact) mass is 339 g/mol. The van der Waals surface area contributed by atoms with Crippen LogP contribution in [0.2, 0.25) is 0 Å². The van der Waals surface area contributed by atoms with Gasteiger partial charge in [-0.3, -0.25) is 4.79 Å². The number of rotatable bonds is 5. The average molecular weight is 339 g/mol. The summed E-state index contributed by atoms with van der Waals surface area (Å²) in [5, 5.41) is 2.80. The SMILES string of the molecule is O=C(Nc1ccc(C(=O)OCC2CCCCO2)cc1)c1ccccc1. The standard InChI is InChI=1S/C20H21NO4/c22-19(15-6-2-1-3-7-15)21-17-11-9-16(10-12-17)20(23)25-14-18-8-4-5-13-24-18/h1-3,6-7,9-12,18H,4-5,8,13-14H2,(H,21,22). The van der Waals surface area contributed by atoms with Gasteiger partial charge in [0.1, 0.15) is 6.61 Å². The summed E-state index contributed by atoms with van der Waals surface area (Å²) in [6.07, 6.45) is 3.11. The normalized spacial score (nSPS) is 16.9. The van der Waals surface area contributed by atoms with E-state index in [4.69, 9.17) is 9.47 Å². The molecule has 0 aromatic heterocycles. The van der Waals surface area contributed by atoms with E-state index in [1.54, 1.807) is 36.4 Å². The largest absolute Gasteiger partial charge is 0.459 e. The van der Waals surface area contributed by atoms with Gasteiger partial charge in [-0.05, 0) is 55.7 Å². The molecule has 130 valence electrons. The summed E-state index contributed by atoms with van der Waals surface area (Å²) in [5.74, 6) is -0.569. The van der Waals surface area contributed by atoms with Crippen LogP contribution in [0.25, 0.3) is 0 Å². The van der Waals surface area contributed by atoms with E-state index in [0.717, 1.165) is 25.9 Å². The second kappa shape index (κ2) is 8.44. The van der Waals surface area contributed by atoms with Crippen molar-refractivity contribution < 1.29 is 19.1 Å². The lowest BCUT2D eigenvalue weighted by molar-refractivity contribution is -0.0300. The summed E-state index contributed by atoms with van der Waals surface area (Å²) >= 11 is 0. The van der Waals surface area contributed by atoms with E-state index in [1.165, 1.54) is 0 Å². The van der Waals surface area contributed by atoms with Crippen molar-refractivity contribution in [2.75, 3.05) is 18.5 Å². The first kappa shape index (κ1) is 17.2. The van der Waals surface area contributed by atoms with E-state index in [9.17, 15) is 9.59 Å². The van der Waals surface area contributed by atoms with Gasteiger partial charge >= 0.3 is 5.97 Å². The fraction of sp³-hybridized carbons (Fsp3) is 0.300. The Morgan fingerprint density at radius 1 is 1.00 bits per heavy atom. The first-order valence-corrected chi connectivity index (χ1v) is 8.47. The highest BCUT2D eigenvalue weighted by molar-refractivity contribution is 6.04. The van der Waals surface area contributed by atoms with Crippen molar-refractivity contribution in [3.8, 4) is 0 Å². The van der Waals surface area contributed by atoms with E-state index in [1.807, 2.05) is 18.2 Å². The number of anilines is 1. The molecular formula is C20H21NO4. The first-order valence-electron chi connectivity index (χ1n) is 8.47. The number of hydrogen-bond acceptors (Lipinski definition) is 4. The van der Waals surface area contributed by atoms with Crippen LogP contribution in [-0.2, 0) is 9.47 Å². The highest BCUT2D eigenvalue weighted by Crippen LogP contribution is 2.15. The van der Waals surface area contributed by atoms with Crippen LogP contribution < -0.4 is 5.32 Å². The average Bonchev–Trinajstić information content (AvgIpc) is 2.68. The quantitative estimate of drug-likeness (QED) is 0.844. The van der Waals surface area contributed by atoms with Crippen LogP contribution in [0.15, 0.2) is 54.6 Å². The molecule has 1 atom stereocenters. The molecule has 1 aliphatic heterocycles. The summed E-state index contributed by atoms with van der Waals surface area (Å²) in [4.78, 5) is 24.2. The second-order valence-electron chi connectivity index (χ2n) is 5.98. The molecule has 1 N–H and O–H groups in total. The van der Waals surface area contributed by atoms with Gasteiger partial charge in [-0.1, -0.05) is 18.2 Å². The maximum atomic E-state index is 12.1. The molecule has 1 saturated heterocycles. The van der Waals surface area contributed by atoms with Gasteiger partial charge in [0.15, 0.2) is 0 Å². The maximum absolute atomic E-state index is 12.1. The van der Waals surface area contributed by atoms with Crippen LogP contribution in [0.1, 0.15) is 40.0 Å². The summed E-state index contributed by atoms with van der Waals surface area (Å²) in [6, 6.07) is 15.6. The number of nitrogens with one attached hydrogen (secondary N) is 1. The predicted octanol–water partition coefficient (Wildman–Crippen LogP) is 3.66. The summed E-state index contributed by atoms with van der Waals surface area (Å²) < 4.78 is 10.9. The van der Waals surface area contributed by atoms with E-state index in [-0.39, 0.29) is 24.6 Å². The topological polar surface area (TPSA) is 64.6 Å². The molecule has 0 spiro atoms. The molecule has 5 heteroatoms. The highest BCUT2D eigenvalue weighted by atomic mass is 16.6. The van der Waals surface area contributed by atoms with Crippen LogP contribution >= 0.6 is 0 Å². The molecule has 1 aliphatic rings. The van der Waals surface area contributed by atoms with Crippen molar-refractivity contribution in [2.24, 2.45) is 0 Å². The van der Waals surface area contributed by atoms with Gasteiger partial charge in [-0.25, -0.2) is 4.79 Å². The number of benzene rings is 2. The van der Waals surface area contributed by atoms with Crippen LogP contribution in [0.5, 0.6) is 0 Å². The Labute approximate surface area is 147 Å². The van der Waals surface area contributed by atoms with E-state index in [0.29, 0.717) is 16.8 Å². The lowest BCUT2D eigenvalue weighted by Crippen LogP contribution is -2.25. The van der Waals surface area contributed by atoms with Gasteiger partial charge in [0.25, 0.3) is 5.91 Å². The van der Waals surface area contributed by atoms with Crippen molar-refractivity contribution in [3.63, 3.8) is 0 Å². The van der Waals surface area contributed by atoms with Crippen molar-refractivity contribution in [3.05, 3.63) is 65.7 Å². The number of hydrogen-bond donors (Lipinski definition) is 1. The number of carbonyl (C=O) groups excluding carboxylic acids is 2. The third-order valence-electron chi connectivity index (χ3n) is 4.09.